The highest BCUT2D eigenvalue weighted by atomic mass is 16.5. The summed E-state index contributed by atoms with van der Waals surface area (Å²) in [7, 11) is 1.39. The van der Waals surface area contributed by atoms with Gasteiger partial charge in [0.05, 0.1) is 18.7 Å². The zero-order valence-corrected chi connectivity index (χ0v) is 8.90. The molecule has 1 aromatic rings. The number of methoxy groups -OCH3 is 1. The molecule has 78 valence electrons. The van der Waals surface area contributed by atoms with Gasteiger partial charge in [0.25, 0.3) is 0 Å². The molecule has 1 aromatic heterocycles. The van der Waals surface area contributed by atoms with Crippen molar-refractivity contribution in [1.82, 2.24) is 5.16 Å². The molecule has 0 N–H and O–H groups in total. The van der Waals surface area contributed by atoms with Crippen LogP contribution in [0.2, 0.25) is 0 Å². The van der Waals surface area contributed by atoms with Crippen LogP contribution in [0.3, 0.4) is 0 Å². The molecule has 0 aromatic carbocycles. The number of nitrogens with zero attached hydrogens (tertiary/aromatic N) is 1. The third-order valence-electron chi connectivity index (χ3n) is 2.44. The summed E-state index contributed by atoms with van der Waals surface area (Å²) in [5.74, 6) is 0.339. The zero-order valence-electron chi connectivity index (χ0n) is 8.90. The third kappa shape index (κ3) is 2.13. The summed E-state index contributed by atoms with van der Waals surface area (Å²) in [6.07, 6.45) is 0. The minimum atomic E-state index is -0.224. The van der Waals surface area contributed by atoms with Crippen LogP contribution >= 0.6 is 0 Å². The number of hydrogen-bond donors (Lipinski definition) is 0. The van der Waals surface area contributed by atoms with Gasteiger partial charge >= 0.3 is 5.97 Å². The SMILES string of the molecule is COC(=O)C(C)C(C)c1cc(C)on1. The molecule has 0 saturated carbocycles. The van der Waals surface area contributed by atoms with Crippen LogP contribution in [0.4, 0.5) is 0 Å². The maximum absolute atomic E-state index is 11.3. The van der Waals surface area contributed by atoms with E-state index in [4.69, 9.17) is 4.52 Å². The summed E-state index contributed by atoms with van der Waals surface area (Å²) in [6.45, 7) is 5.57. The van der Waals surface area contributed by atoms with E-state index in [9.17, 15) is 4.79 Å². The van der Waals surface area contributed by atoms with Crippen molar-refractivity contribution in [3.05, 3.63) is 17.5 Å². The first-order valence-corrected chi connectivity index (χ1v) is 4.57. The Labute approximate surface area is 83.2 Å². The van der Waals surface area contributed by atoms with E-state index in [0.717, 1.165) is 11.5 Å². The average Bonchev–Trinajstić information content (AvgIpc) is 2.61. The van der Waals surface area contributed by atoms with Gasteiger partial charge in [-0.05, 0) is 6.92 Å². The van der Waals surface area contributed by atoms with Crippen LogP contribution in [0.15, 0.2) is 10.6 Å². The highest BCUT2D eigenvalue weighted by molar-refractivity contribution is 5.72. The standard InChI is InChI=1S/C10H15NO3/c1-6-5-9(11-14-6)7(2)8(3)10(12)13-4/h5,7-8H,1-4H3. The topological polar surface area (TPSA) is 52.3 Å². The van der Waals surface area contributed by atoms with E-state index in [2.05, 4.69) is 9.89 Å². The van der Waals surface area contributed by atoms with Crippen molar-refractivity contribution in [1.29, 1.82) is 0 Å². The summed E-state index contributed by atoms with van der Waals surface area (Å²) in [4.78, 5) is 11.3. The first-order valence-electron chi connectivity index (χ1n) is 4.57. The van der Waals surface area contributed by atoms with Crippen LogP contribution in [0.25, 0.3) is 0 Å². The lowest BCUT2D eigenvalue weighted by Gasteiger charge is -2.14. The van der Waals surface area contributed by atoms with Gasteiger partial charge in [-0.2, -0.15) is 0 Å². The summed E-state index contributed by atoms with van der Waals surface area (Å²) < 4.78 is 9.61. The van der Waals surface area contributed by atoms with E-state index >= 15 is 0 Å². The smallest absolute Gasteiger partial charge is 0.309 e. The number of carbonyl (C=O) groups is 1. The van der Waals surface area contributed by atoms with Crippen molar-refractivity contribution >= 4 is 5.97 Å². The van der Waals surface area contributed by atoms with Crippen molar-refractivity contribution in [3.63, 3.8) is 0 Å². The van der Waals surface area contributed by atoms with Crippen LogP contribution in [0.5, 0.6) is 0 Å². The Morgan fingerprint density at radius 3 is 2.64 bits per heavy atom. The normalized spacial score (nSPS) is 14.9. The van der Waals surface area contributed by atoms with Crippen molar-refractivity contribution in [2.75, 3.05) is 7.11 Å². The number of hydrogen-bond acceptors (Lipinski definition) is 4. The Morgan fingerprint density at radius 2 is 2.21 bits per heavy atom. The molecule has 4 heteroatoms. The number of carbonyl (C=O) groups excluding carboxylic acids is 1. The van der Waals surface area contributed by atoms with Crippen molar-refractivity contribution < 1.29 is 14.1 Å². The molecular formula is C10H15NO3. The Morgan fingerprint density at radius 1 is 1.57 bits per heavy atom. The average molecular weight is 197 g/mol. The second-order valence-electron chi connectivity index (χ2n) is 3.46. The molecular weight excluding hydrogens is 182 g/mol. The van der Waals surface area contributed by atoms with Gasteiger partial charge in [0.2, 0.25) is 0 Å². The van der Waals surface area contributed by atoms with Gasteiger partial charge in [-0.1, -0.05) is 19.0 Å². The van der Waals surface area contributed by atoms with E-state index in [1.165, 1.54) is 7.11 Å². The van der Waals surface area contributed by atoms with Crippen LogP contribution in [-0.2, 0) is 9.53 Å². The molecule has 0 radical (unpaired) electrons. The highest BCUT2D eigenvalue weighted by Gasteiger charge is 2.24. The Hall–Kier alpha value is -1.32. The largest absolute Gasteiger partial charge is 0.469 e. The first kappa shape index (κ1) is 10.8. The van der Waals surface area contributed by atoms with E-state index < -0.39 is 0 Å². The van der Waals surface area contributed by atoms with E-state index in [1.807, 2.05) is 26.8 Å². The minimum absolute atomic E-state index is 0.0138. The van der Waals surface area contributed by atoms with Gasteiger partial charge < -0.3 is 9.26 Å². The van der Waals surface area contributed by atoms with Crippen molar-refractivity contribution in [3.8, 4) is 0 Å². The molecule has 4 nitrogen and oxygen atoms in total. The first-order chi connectivity index (χ1) is 6.56. The predicted molar refractivity (Wildman–Crippen MR) is 50.8 cm³/mol. The molecule has 1 heterocycles. The fourth-order valence-electron chi connectivity index (χ4n) is 1.25. The summed E-state index contributed by atoms with van der Waals surface area (Å²) in [6, 6.07) is 1.84. The van der Waals surface area contributed by atoms with Gasteiger partial charge in [0.1, 0.15) is 5.76 Å². The van der Waals surface area contributed by atoms with E-state index in [1.54, 1.807) is 0 Å². The molecule has 0 aliphatic rings. The molecule has 2 unspecified atom stereocenters. The molecule has 0 aliphatic carbocycles. The summed E-state index contributed by atoms with van der Waals surface area (Å²) >= 11 is 0. The van der Waals surface area contributed by atoms with Gasteiger partial charge in [-0.15, -0.1) is 0 Å². The van der Waals surface area contributed by atoms with Crippen molar-refractivity contribution in [2.24, 2.45) is 5.92 Å². The number of aryl methyl sites for hydroxylation is 1. The molecule has 2 atom stereocenters. The monoisotopic (exact) mass is 197 g/mol. The zero-order chi connectivity index (χ0) is 10.7. The van der Waals surface area contributed by atoms with E-state index in [0.29, 0.717) is 0 Å². The number of aromatic nitrogens is 1. The number of ether oxygens (including phenoxy) is 1. The quantitative estimate of drug-likeness (QED) is 0.694. The Kier molecular flexibility index (Phi) is 3.28. The molecule has 0 fully saturated rings. The maximum atomic E-state index is 11.3. The van der Waals surface area contributed by atoms with Gasteiger partial charge in [-0.3, -0.25) is 4.79 Å². The fraction of sp³-hybridized carbons (Fsp3) is 0.600. The number of esters is 1. The molecule has 0 bridgehead atoms. The molecule has 0 aliphatic heterocycles. The summed E-state index contributed by atoms with van der Waals surface area (Å²) in [5, 5.41) is 3.87. The fourth-order valence-corrected chi connectivity index (χ4v) is 1.25. The second kappa shape index (κ2) is 4.26. The molecule has 1 rings (SSSR count). The van der Waals surface area contributed by atoms with Crippen LogP contribution in [-0.4, -0.2) is 18.2 Å². The van der Waals surface area contributed by atoms with Crippen molar-refractivity contribution in [2.45, 2.75) is 26.7 Å². The van der Waals surface area contributed by atoms with Gasteiger partial charge in [0, 0.05) is 12.0 Å². The molecule has 0 saturated heterocycles. The Bertz CT molecular complexity index is 319. The van der Waals surface area contributed by atoms with E-state index in [-0.39, 0.29) is 17.8 Å². The third-order valence-corrected chi connectivity index (χ3v) is 2.44. The molecule has 14 heavy (non-hydrogen) atoms. The van der Waals surface area contributed by atoms with Crippen LogP contribution in [0.1, 0.15) is 31.2 Å². The number of rotatable bonds is 3. The lowest BCUT2D eigenvalue weighted by Crippen LogP contribution is -2.19. The second-order valence-corrected chi connectivity index (χ2v) is 3.46. The van der Waals surface area contributed by atoms with Gasteiger partial charge in [-0.25, -0.2) is 0 Å². The lowest BCUT2D eigenvalue weighted by molar-refractivity contribution is -0.145. The molecule has 0 spiro atoms. The molecule has 0 amide bonds. The maximum Gasteiger partial charge on any atom is 0.309 e. The highest BCUT2D eigenvalue weighted by Crippen LogP contribution is 2.24. The van der Waals surface area contributed by atoms with Gasteiger partial charge in [0.15, 0.2) is 0 Å². The van der Waals surface area contributed by atoms with Crippen LogP contribution in [0, 0.1) is 12.8 Å². The minimum Gasteiger partial charge on any atom is -0.469 e. The Balaban J connectivity index is 2.74. The van der Waals surface area contributed by atoms with Crippen LogP contribution < -0.4 is 0 Å². The summed E-state index contributed by atoms with van der Waals surface area (Å²) in [5.41, 5.74) is 0.792. The predicted octanol–water partition coefficient (Wildman–Crippen LogP) is 1.90. The lowest BCUT2D eigenvalue weighted by atomic mass is 9.93.